The van der Waals surface area contributed by atoms with Gasteiger partial charge in [-0.1, -0.05) is 0 Å². The third kappa shape index (κ3) is 3.80. The predicted molar refractivity (Wildman–Crippen MR) is 71.1 cm³/mol. The van der Waals surface area contributed by atoms with Crippen molar-refractivity contribution < 1.29 is 4.74 Å². The smallest absolute Gasteiger partial charge is 0.0599 e. The van der Waals surface area contributed by atoms with E-state index in [1.807, 2.05) is 17.9 Å². The molecule has 2 rings (SSSR count). The van der Waals surface area contributed by atoms with Crippen LogP contribution < -0.4 is 5.73 Å². The standard InChI is InChI=1S/C13H24N4O/c1-16-12(3-7-15-16)11-17-8-4-13(5-9-17)18-10-2-6-14/h3,7,13H,2,4-6,8-11,14H2,1H3. The fraction of sp³-hybridized carbons (Fsp3) is 0.769. The lowest BCUT2D eigenvalue weighted by Crippen LogP contribution is -2.37. The van der Waals surface area contributed by atoms with Crippen molar-refractivity contribution in [2.45, 2.75) is 31.9 Å². The minimum Gasteiger partial charge on any atom is -0.378 e. The van der Waals surface area contributed by atoms with Gasteiger partial charge < -0.3 is 10.5 Å². The highest BCUT2D eigenvalue weighted by Gasteiger charge is 2.20. The molecule has 102 valence electrons. The zero-order chi connectivity index (χ0) is 12.8. The summed E-state index contributed by atoms with van der Waals surface area (Å²) in [4.78, 5) is 2.47. The van der Waals surface area contributed by atoms with Crippen molar-refractivity contribution in [1.82, 2.24) is 14.7 Å². The summed E-state index contributed by atoms with van der Waals surface area (Å²) >= 11 is 0. The van der Waals surface area contributed by atoms with Gasteiger partial charge in [0, 0.05) is 39.5 Å². The molecule has 1 fully saturated rings. The molecule has 0 spiro atoms. The summed E-state index contributed by atoms with van der Waals surface area (Å²) in [5.41, 5.74) is 6.74. The van der Waals surface area contributed by atoms with Gasteiger partial charge in [0.1, 0.15) is 0 Å². The number of rotatable bonds is 6. The Morgan fingerprint density at radius 2 is 2.22 bits per heavy atom. The Morgan fingerprint density at radius 3 is 2.83 bits per heavy atom. The van der Waals surface area contributed by atoms with E-state index < -0.39 is 0 Å². The van der Waals surface area contributed by atoms with Crippen LogP contribution in [0.2, 0.25) is 0 Å². The fourth-order valence-electron chi connectivity index (χ4n) is 2.35. The Balaban J connectivity index is 1.69. The molecule has 1 saturated heterocycles. The van der Waals surface area contributed by atoms with Crippen LogP contribution in [-0.4, -0.2) is 47.0 Å². The monoisotopic (exact) mass is 252 g/mol. The Morgan fingerprint density at radius 1 is 1.44 bits per heavy atom. The highest BCUT2D eigenvalue weighted by atomic mass is 16.5. The molecule has 5 heteroatoms. The first-order chi connectivity index (χ1) is 8.79. The summed E-state index contributed by atoms with van der Waals surface area (Å²) in [5.74, 6) is 0. The Hall–Kier alpha value is -0.910. The van der Waals surface area contributed by atoms with Crippen molar-refractivity contribution in [3.05, 3.63) is 18.0 Å². The summed E-state index contributed by atoms with van der Waals surface area (Å²) in [7, 11) is 2.00. The second kappa shape index (κ2) is 6.87. The van der Waals surface area contributed by atoms with Gasteiger partial charge in [-0.25, -0.2) is 0 Å². The number of ether oxygens (including phenoxy) is 1. The molecule has 2 N–H and O–H groups in total. The van der Waals surface area contributed by atoms with E-state index >= 15 is 0 Å². The van der Waals surface area contributed by atoms with Crippen LogP contribution >= 0.6 is 0 Å². The van der Waals surface area contributed by atoms with Crippen molar-refractivity contribution in [2.75, 3.05) is 26.2 Å². The summed E-state index contributed by atoms with van der Waals surface area (Å²) < 4.78 is 7.75. The van der Waals surface area contributed by atoms with Gasteiger partial charge in [0.25, 0.3) is 0 Å². The van der Waals surface area contributed by atoms with Crippen LogP contribution in [0.15, 0.2) is 12.3 Å². The summed E-state index contributed by atoms with van der Waals surface area (Å²) in [6.45, 7) is 4.74. The van der Waals surface area contributed by atoms with Gasteiger partial charge in [-0.15, -0.1) is 0 Å². The third-order valence-corrected chi connectivity index (χ3v) is 3.54. The number of nitrogens with zero attached hydrogens (tertiary/aromatic N) is 3. The second-order valence-electron chi connectivity index (χ2n) is 4.93. The molecule has 18 heavy (non-hydrogen) atoms. The van der Waals surface area contributed by atoms with Crippen LogP contribution in [0.4, 0.5) is 0 Å². The lowest BCUT2D eigenvalue weighted by molar-refractivity contribution is 0.00521. The van der Waals surface area contributed by atoms with E-state index in [4.69, 9.17) is 10.5 Å². The molecular formula is C13H24N4O. The maximum Gasteiger partial charge on any atom is 0.0599 e. The molecule has 0 unspecified atom stereocenters. The number of hydrogen-bond acceptors (Lipinski definition) is 4. The Labute approximate surface area is 109 Å². The zero-order valence-electron chi connectivity index (χ0n) is 11.2. The second-order valence-corrected chi connectivity index (χ2v) is 4.93. The SMILES string of the molecule is Cn1nccc1CN1CCC(OCCCN)CC1. The molecule has 1 aliphatic rings. The van der Waals surface area contributed by atoms with Crippen LogP contribution in [0.25, 0.3) is 0 Å². The van der Waals surface area contributed by atoms with Crippen molar-refractivity contribution in [1.29, 1.82) is 0 Å². The predicted octanol–water partition coefficient (Wildman–Crippen LogP) is 0.750. The number of piperidine rings is 1. The Kier molecular flexibility index (Phi) is 5.16. The van der Waals surface area contributed by atoms with E-state index in [2.05, 4.69) is 16.1 Å². The van der Waals surface area contributed by atoms with E-state index in [1.165, 1.54) is 5.69 Å². The molecule has 0 saturated carbocycles. The van der Waals surface area contributed by atoms with Crippen LogP contribution in [0.1, 0.15) is 25.0 Å². The number of aryl methyl sites for hydroxylation is 1. The molecule has 1 aromatic rings. The first-order valence-electron chi connectivity index (χ1n) is 6.80. The first-order valence-corrected chi connectivity index (χ1v) is 6.80. The molecule has 0 aliphatic carbocycles. The highest BCUT2D eigenvalue weighted by Crippen LogP contribution is 2.16. The fourth-order valence-corrected chi connectivity index (χ4v) is 2.35. The summed E-state index contributed by atoms with van der Waals surface area (Å²) in [5, 5.41) is 4.20. The molecule has 1 aromatic heterocycles. The molecule has 0 atom stereocenters. The average Bonchev–Trinajstić information content (AvgIpc) is 2.78. The summed E-state index contributed by atoms with van der Waals surface area (Å²) in [6.07, 6.45) is 5.51. The van der Waals surface area contributed by atoms with Crippen molar-refractivity contribution in [3.63, 3.8) is 0 Å². The van der Waals surface area contributed by atoms with Crippen LogP contribution in [0.5, 0.6) is 0 Å². The molecule has 1 aliphatic heterocycles. The Bertz CT molecular complexity index is 345. The normalized spacial score (nSPS) is 18.3. The van der Waals surface area contributed by atoms with Crippen LogP contribution in [0.3, 0.4) is 0 Å². The molecule has 0 amide bonds. The van der Waals surface area contributed by atoms with E-state index in [9.17, 15) is 0 Å². The van der Waals surface area contributed by atoms with Gasteiger partial charge in [0.15, 0.2) is 0 Å². The van der Waals surface area contributed by atoms with Crippen molar-refractivity contribution >= 4 is 0 Å². The van der Waals surface area contributed by atoms with Gasteiger partial charge in [-0.05, 0) is 31.9 Å². The van der Waals surface area contributed by atoms with E-state index in [1.54, 1.807) is 0 Å². The first kappa shape index (κ1) is 13.5. The van der Waals surface area contributed by atoms with Gasteiger partial charge in [-0.2, -0.15) is 5.10 Å². The molecule has 0 bridgehead atoms. The van der Waals surface area contributed by atoms with Crippen molar-refractivity contribution in [3.8, 4) is 0 Å². The van der Waals surface area contributed by atoms with Gasteiger partial charge >= 0.3 is 0 Å². The van der Waals surface area contributed by atoms with Crippen LogP contribution in [0, 0.1) is 0 Å². The highest BCUT2D eigenvalue weighted by molar-refractivity contribution is 4.99. The molecular weight excluding hydrogens is 228 g/mol. The number of aromatic nitrogens is 2. The minimum absolute atomic E-state index is 0.430. The van der Waals surface area contributed by atoms with Gasteiger partial charge in [0.2, 0.25) is 0 Å². The zero-order valence-corrected chi connectivity index (χ0v) is 11.2. The quantitative estimate of drug-likeness (QED) is 0.759. The summed E-state index contributed by atoms with van der Waals surface area (Å²) in [6, 6.07) is 2.09. The minimum atomic E-state index is 0.430. The topological polar surface area (TPSA) is 56.3 Å². The maximum atomic E-state index is 5.81. The lowest BCUT2D eigenvalue weighted by atomic mass is 10.1. The number of hydrogen-bond donors (Lipinski definition) is 1. The van der Waals surface area contributed by atoms with Crippen molar-refractivity contribution in [2.24, 2.45) is 12.8 Å². The van der Waals surface area contributed by atoms with Gasteiger partial charge in [0.05, 0.1) is 11.8 Å². The maximum absolute atomic E-state index is 5.81. The van der Waals surface area contributed by atoms with Gasteiger partial charge in [-0.3, -0.25) is 9.58 Å². The van der Waals surface area contributed by atoms with E-state index in [-0.39, 0.29) is 0 Å². The number of likely N-dealkylation sites (tertiary alicyclic amines) is 1. The van der Waals surface area contributed by atoms with E-state index in [0.29, 0.717) is 6.10 Å². The number of nitrogens with two attached hydrogens (primary N) is 1. The molecule has 0 aromatic carbocycles. The largest absolute Gasteiger partial charge is 0.378 e. The van der Waals surface area contributed by atoms with E-state index in [0.717, 1.165) is 52.0 Å². The average molecular weight is 252 g/mol. The molecule has 2 heterocycles. The molecule has 0 radical (unpaired) electrons. The van der Waals surface area contributed by atoms with Crippen LogP contribution in [-0.2, 0) is 18.3 Å². The third-order valence-electron chi connectivity index (χ3n) is 3.54. The lowest BCUT2D eigenvalue weighted by Gasteiger charge is -2.31. The molecule has 5 nitrogen and oxygen atoms in total.